The van der Waals surface area contributed by atoms with E-state index in [0.717, 1.165) is 12.8 Å². The molecule has 3 unspecified atom stereocenters. The Morgan fingerprint density at radius 1 is 1.40 bits per heavy atom. The van der Waals surface area contributed by atoms with Crippen LogP contribution < -0.4 is 0 Å². The van der Waals surface area contributed by atoms with E-state index in [1.54, 1.807) is 0 Å². The van der Waals surface area contributed by atoms with E-state index in [0.29, 0.717) is 13.1 Å². The number of aliphatic hydroxyl groups excluding tert-OH is 1. The molecule has 0 spiro atoms. The van der Waals surface area contributed by atoms with Crippen LogP contribution in [-0.2, 0) is 19.7 Å². The number of esters is 1. The number of carbonyl (C=O) groups is 1. The van der Waals surface area contributed by atoms with Gasteiger partial charge in [-0.05, 0) is 18.8 Å². The molecule has 0 amide bonds. The van der Waals surface area contributed by atoms with Gasteiger partial charge in [-0.25, -0.2) is 0 Å². The Morgan fingerprint density at radius 3 is 2.70 bits per heavy atom. The Labute approximate surface area is 119 Å². The number of nitrogens with zero attached hydrogens (tertiary/aromatic N) is 2. The molecule has 2 rings (SSSR count). The lowest BCUT2D eigenvalue weighted by Gasteiger charge is -2.24. The number of carbonyl (C=O) groups excluding carboxylic acids is 1. The van der Waals surface area contributed by atoms with Crippen LogP contribution in [0.25, 0.3) is 0 Å². The summed E-state index contributed by atoms with van der Waals surface area (Å²) in [5, 5.41) is 9.83. The second-order valence-electron chi connectivity index (χ2n) is 5.54. The van der Waals surface area contributed by atoms with E-state index in [9.17, 15) is 18.3 Å². The highest BCUT2D eigenvalue weighted by Gasteiger charge is 2.46. The van der Waals surface area contributed by atoms with Crippen LogP contribution in [-0.4, -0.2) is 68.0 Å². The predicted molar refractivity (Wildman–Crippen MR) is 72.0 cm³/mol. The molecule has 1 aliphatic carbocycles. The lowest BCUT2D eigenvalue weighted by Crippen LogP contribution is -2.42. The number of methoxy groups -OCH3 is 1. The van der Waals surface area contributed by atoms with Gasteiger partial charge in [0.1, 0.15) is 0 Å². The van der Waals surface area contributed by atoms with Crippen molar-refractivity contribution in [3.63, 3.8) is 0 Å². The number of rotatable bonds is 5. The van der Waals surface area contributed by atoms with Crippen LogP contribution in [0.15, 0.2) is 0 Å². The largest absolute Gasteiger partial charge is 0.469 e. The molecule has 2 fully saturated rings. The van der Waals surface area contributed by atoms with Crippen molar-refractivity contribution in [2.45, 2.75) is 25.4 Å². The quantitative estimate of drug-likeness (QED) is 0.687. The van der Waals surface area contributed by atoms with Crippen molar-refractivity contribution >= 4 is 16.2 Å². The van der Waals surface area contributed by atoms with Crippen molar-refractivity contribution in [2.24, 2.45) is 11.8 Å². The first kappa shape index (κ1) is 15.7. The lowest BCUT2D eigenvalue weighted by atomic mass is 10.00. The van der Waals surface area contributed by atoms with Gasteiger partial charge in [-0.2, -0.15) is 17.0 Å². The van der Waals surface area contributed by atoms with E-state index in [1.807, 2.05) is 0 Å². The fourth-order valence-corrected chi connectivity index (χ4v) is 4.50. The van der Waals surface area contributed by atoms with E-state index >= 15 is 0 Å². The maximum absolute atomic E-state index is 12.4. The third-order valence-electron chi connectivity index (χ3n) is 4.36. The van der Waals surface area contributed by atoms with Crippen molar-refractivity contribution in [3.8, 4) is 0 Å². The Bertz CT molecular complexity index is 466. The average Bonchev–Trinajstić information content (AvgIpc) is 2.98. The van der Waals surface area contributed by atoms with E-state index in [1.165, 1.54) is 22.8 Å². The van der Waals surface area contributed by atoms with Crippen LogP contribution in [0.2, 0.25) is 0 Å². The number of fused-ring (bicyclic) bond motifs is 1. The monoisotopic (exact) mass is 306 g/mol. The Balaban J connectivity index is 1.95. The fourth-order valence-electron chi connectivity index (χ4n) is 3.05. The van der Waals surface area contributed by atoms with Gasteiger partial charge in [-0.15, -0.1) is 0 Å². The molecule has 1 N–H and O–H groups in total. The third-order valence-corrected chi connectivity index (χ3v) is 6.29. The van der Waals surface area contributed by atoms with Gasteiger partial charge in [0.05, 0.1) is 19.6 Å². The van der Waals surface area contributed by atoms with Crippen molar-refractivity contribution in [1.82, 2.24) is 8.61 Å². The van der Waals surface area contributed by atoms with Crippen molar-refractivity contribution in [1.29, 1.82) is 0 Å². The standard InChI is InChI=1S/C12H22N2O5S/c1-13(6-5-12(16)19-2)20(17,18)14-7-9-3-4-11(15)10(9)8-14/h9-11,15H,3-8H2,1-2H3. The minimum atomic E-state index is -3.56. The first-order chi connectivity index (χ1) is 9.36. The Morgan fingerprint density at radius 2 is 2.10 bits per heavy atom. The second kappa shape index (κ2) is 5.97. The van der Waals surface area contributed by atoms with E-state index in [2.05, 4.69) is 4.74 Å². The van der Waals surface area contributed by atoms with Gasteiger partial charge in [0, 0.05) is 32.6 Å². The smallest absolute Gasteiger partial charge is 0.306 e. The molecule has 7 nitrogen and oxygen atoms in total. The number of hydrogen-bond acceptors (Lipinski definition) is 5. The zero-order chi connectivity index (χ0) is 14.9. The zero-order valence-corrected chi connectivity index (χ0v) is 12.7. The summed E-state index contributed by atoms with van der Waals surface area (Å²) in [6.45, 7) is 0.937. The number of aliphatic hydroxyl groups is 1. The third kappa shape index (κ3) is 2.98. The summed E-state index contributed by atoms with van der Waals surface area (Å²) in [4.78, 5) is 11.1. The summed E-state index contributed by atoms with van der Waals surface area (Å²) in [6, 6.07) is 0. The molecule has 0 aromatic heterocycles. The normalized spacial score (nSPS) is 30.7. The minimum Gasteiger partial charge on any atom is -0.469 e. The summed E-state index contributed by atoms with van der Waals surface area (Å²) >= 11 is 0. The van der Waals surface area contributed by atoms with Crippen molar-refractivity contribution in [2.75, 3.05) is 33.8 Å². The van der Waals surface area contributed by atoms with Gasteiger partial charge in [0.15, 0.2) is 0 Å². The van der Waals surface area contributed by atoms with Crippen LogP contribution in [0.4, 0.5) is 0 Å². The topological polar surface area (TPSA) is 87.2 Å². The molecule has 0 aromatic rings. The van der Waals surface area contributed by atoms with Gasteiger partial charge < -0.3 is 9.84 Å². The van der Waals surface area contributed by atoms with Gasteiger partial charge >= 0.3 is 5.97 Å². The van der Waals surface area contributed by atoms with Crippen LogP contribution in [0.1, 0.15) is 19.3 Å². The van der Waals surface area contributed by atoms with E-state index in [-0.39, 0.29) is 30.9 Å². The van der Waals surface area contributed by atoms with Crippen molar-refractivity contribution in [3.05, 3.63) is 0 Å². The van der Waals surface area contributed by atoms with Gasteiger partial charge in [0.2, 0.25) is 0 Å². The summed E-state index contributed by atoms with van der Waals surface area (Å²) < 4.78 is 31.9. The first-order valence-corrected chi connectivity index (χ1v) is 8.22. The highest BCUT2D eigenvalue weighted by molar-refractivity contribution is 7.86. The molecule has 0 aromatic carbocycles. The molecule has 20 heavy (non-hydrogen) atoms. The Kier molecular flexibility index (Phi) is 4.68. The van der Waals surface area contributed by atoms with Gasteiger partial charge in [-0.1, -0.05) is 0 Å². The molecule has 116 valence electrons. The van der Waals surface area contributed by atoms with E-state index in [4.69, 9.17) is 0 Å². The zero-order valence-electron chi connectivity index (χ0n) is 11.9. The molecule has 8 heteroatoms. The maximum Gasteiger partial charge on any atom is 0.306 e. The summed E-state index contributed by atoms with van der Waals surface area (Å²) in [5.74, 6) is -0.117. The molecule has 1 saturated heterocycles. The minimum absolute atomic E-state index is 0.0373. The highest BCUT2D eigenvalue weighted by Crippen LogP contribution is 2.39. The highest BCUT2D eigenvalue weighted by atomic mass is 32.2. The van der Waals surface area contributed by atoms with Crippen LogP contribution >= 0.6 is 0 Å². The molecule has 0 radical (unpaired) electrons. The molecule has 1 heterocycles. The Hall–Kier alpha value is -0.700. The molecular formula is C12H22N2O5S. The second-order valence-corrected chi connectivity index (χ2v) is 7.58. The molecule has 1 aliphatic heterocycles. The summed E-state index contributed by atoms with van der Waals surface area (Å²) in [6.07, 6.45) is 1.29. The maximum atomic E-state index is 12.4. The molecular weight excluding hydrogens is 284 g/mol. The summed E-state index contributed by atoms with van der Waals surface area (Å²) in [5.41, 5.74) is 0. The fraction of sp³-hybridized carbons (Fsp3) is 0.917. The summed E-state index contributed by atoms with van der Waals surface area (Å²) in [7, 11) is -0.822. The van der Waals surface area contributed by atoms with Gasteiger partial charge in [-0.3, -0.25) is 4.79 Å². The SMILES string of the molecule is COC(=O)CCN(C)S(=O)(=O)N1CC2CCC(O)C2C1. The van der Waals surface area contributed by atoms with Crippen LogP contribution in [0, 0.1) is 11.8 Å². The molecule has 0 bridgehead atoms. The average molecular weight is 306 g/mol. The molecule has 2 aliphatic rings. The molecule has 3 atom stereocenters. The number of ether oxygens (including phenoxy) is 1. The predicted octanol–water partition coefficient (Wildman–Crippen LogP) is -0.571. The van der Waals surface area contributed by atoms with Gasteiger partial charge in [0.25, 0.3) is 10.2 Å². The van der Waals surface area contributed by atoms with E-state index < -0.39 is 16.2 Å². The van der Waals surface area contributed by atoms with Crippen LogP contribution in [0.3, 0.4) is 0 Å². The first-order valence-electron chi connectivity index (χ1n) is 6.82. The lowest BCUT2D eigenvalue weighted by molar-refractivity contribution is -0.140. The number of hydrogen-bond donors (Lipinski definition) is 1. The van der Waals surface area contributed by atoms with Crippen molar-refractivity contribution < 1.29 is 23.1 Å². The molecule has 1 saturated carbocycles. The van der Waals surface area contributed by atoms with Crippen LogP contribution in [0.5, 0.6) is 0 Å².